The van der Waals surface area contributed by atoms with Gasteiger partial charge in [0.05, 0.1) is 11.1 Å². The van der Waals surface area contributed by atoms with Gasteiger partial charge in [0, 0.05) is 46.3 Å². The number of anilines is 1. The van der Waals surface area contributed by atoms with Gasteiger partial charge in [-0.3, -0.25) is 19.9 Å². The number of nitro groups is 1. The van der Waals surface area contributed by atoms with Gasteiger partial charge in [0.1, 0.15) is 5.69 Å². The van der Waals surface area contributed by atoms with Crippen molar-refractivity contribution in [3.05, 3.63) is 106 Å². The van der Waals surface area contributed by atoms with Crippen molar-refractivity contribution in [2.75, 3.05) is 32.1 Å². The Labute approximate surface area is 183 Å². The molecular weight excluding hydrogens is 388 g/mol. The molecule has 0 radical (unpaired) electrons. The Hall–Kier alpha value is -3.22. The molecule has 6 heteroatoms. The average Bonchev–Trinajstić information content (AvgIpc) is 3.16. The Morgan fingerprint density at radius 3 is 1.84 bits per heavy atom. The van der Waals surface area contributed by atoms with E-state index in [-0.39, 0.29) is 16.8 Å². The number of rotatable bonds is 7. The number of benzene rings is 3. The molecule has 31 heavy (non-hydrogen) atoms. The monoisotopic (exact) mass is 416 g/mol. The third-order valence-electron chi connectivity index (χ3n) is 5.80. The number of hydrogen-bond acceptors (Lipinski definition) is 5. The summed E-state index contributed by atoms with van der Waals surface area (Å²) in [5, 5.41) is 11.8. The van der Waals surface area contributed by atoms with E-state index in [1.807, 2.05) is 38.4 Å². The van der Waals surface area contributed by atoms with Crippen LogP contribution in [0, 0.1) is 10.1 Å². The van der Waals surface area contributed by atoms with Crippen LogP contribution in [0.4, 0.5) is 11.4 Å². The molecule has 0 aliphatic carbocycles. The lowest BCUT2D eigenvalue weighted by Gasteiger charge is -2.31. The number of nitro benzene ring substituents is 1. The maximum Gasteiger partial charge on any atom is 0.292 e. The van der Waals surface area contributed by atoms with Crippen LogP contribution in [-0.4, -0.2) is 41.9 Å². The van der Waals surface area contributed by atoms with Gasteiger partial charge in [0.15, 0.2) is 0 Å². The van der Waals surface area contributed by atoms with Crippen LogP contribution in [0.1, 0.15) is 22.9 Å². The molecule has 0 atom stereocenters. The van der Waals surface area contributed by atoms with E-state index >= 15 is 0 Å². The van der Waals surface area contributed by atoms with Crippen LogP contribution in [0.3, 0.4) is 0 Å². The first kappa shape index (κ1) is 21.0. The second-order valence-electron chi connectivity index (χ2n) is 8.19. The zero-order valence-electron chi connectivity index (χ0n) is 18.0. The Kier molecular flexibility index (Phi) is 6.30. The highest BCUT2D eigenvalue weighted by molar-refractivity contribution is 5.63. The first-order chi connectivity index (χ1) is 15.0. The summed E-state index contributed by atoms with van der Waals surface area (Å²) in [6.07, 6.45) is -0.0182. The quantitative estimate of drug-likeness (QED) is 0.414. The smallest absolute Gasteiger partial charge is 0.292 e. The van der Waals surface area contributed by atoms with Gasteiger partial charge in [-0.25, -0.2) is 0 Å². The van der Waals surface area contributed by atoms with E-state index in [0.29, 0.717) is 5.69 Å². The van der Waals surface area contributed by atoms with Gasteiger partial charge in [-0.15, -0.1) is 0 Å². The molecule has 0 amide bonds. The Balaban J connectivity index is 1.70. The Morgan fingerprint density at radius 1 is 0.871 bits per heavy atom. The molecule has 1 aliphatic rings. The fraction of sp³-hybridized carbons (Fsp3) is 0.280. The molecule has 0 aromatic heterocycles. The summed E-state index contributed by atoms with van der Waals surface area (Å²) in [5.74, 6) is 0. The summed E-state index contributed by atoms with van der Waals surface area (Å²) in [7, 11) is 3.67. The predicted molar refractivity (Wildman–Crippen MR) is 124 cm³/mol. The molecule has 0 saturated carbocycles. The molecule has 1 saturated heterocycles. The molecule has 3 aromatic carbocycles. The molecule has 3 aromatic rings. The van der Waals surface area contributed by atoms with Crippen LogP contribution in [0.5, 0.6) is 0 Å². The van der Waals surface area contributed by atoms with Crippen LogP contribution in [-0.2, 0) is 13.1 Å². The highest BCUT2D eigenvalue weighted by Gasteiger charge is 2.34. The minimum atomic E-state index is -0.281. The van der Waals surface area contributed by atoms with Gasteiger partial charge >= 0.3 is 0 Å². The third kappa shape index (κ3) is 4.76. The second kappa shape index (κ2) is 9.29. The van der Waals surface area contributed by atoms with Crippen molar-refractivity contribution in [2.24, 2.45) is 0 Å². The molecule has 1 aliphatic heterocycles. The van der Waals surface area contributed by atoms with Crippen molar-refractivity contribution >= 4 is 11.4 Å². The van der Waals surface area contributed by atoms with Gasteiger partial charge in [0.25, 0.3) is 5.69 Å². The fourth-order valence-electron chi connectivity index (χ4n) is 4.35. The molecule has 0 bridgehead atoms. The third-order valence-corrected chi connectivity index (χ3v) is 5.80. The molecule has 0 unspecified atom stereocenters. The van der Waals surface area contributed by atoms with E-state index in [1.54, 1.807) is 11.0 Å². The summed E-state index contributed by atoms with van der Waals surface area (Å²) < 4.78 is 0. The summed E-state index contributed by atoms with van der Waals surface area (Å²) >= 11 is 0. The number of hydrogen-bond donors (Lipinski definition) is 0. The molecule has 1 fully saturated rings. The predicted octanol–water partition coefficient (Wildman–Crippen LogP) is 4.68. The summed E-state index contributed by atoms with van der Waals surface area (Å²) in [6.45, 7) is 3.44. The fourth-order valence-corrected chi connectivity index (χ4v) is 4.35. The largest absolute Gasteiger partial charge is 0.372 e. The van der Waals surface area contributed by atoms with Gasteiger partial charge in [-0.2, -0.15) is 0 Å². The molecule has 160 valence electrons. The van der Waals surface area contributed by atoms with Crippen molar-refractivity contribution in [1.29, 1.82) is 0 Å². The average molecular weight is 417 g/mol. The van der Waals surface area contributed by atoms with E-state index in [2.05, 4.69) is 58.3 Å². The maximum atomic E-state index is 11.8. The van der Waals surface area contributed by atoms with E-state index in [0.717, 1.165) is 31.7 Å². The van der Waals surface area contributed by atoms with Crippen molar-refractivity contribution in [3.8, 4) is 0 Å². The molecule has 0 spiro atoms. The van der Waals surface area contributed by atoms with Crippen molar-refractivity contribution in [3.63, 3.8) is 0 Å². The molecule has 0 N–H and O–H groups in total. The SMILES string of the molecule is CN(C)c1ccc(C2N(Cc3ccccc3)CCN2Cc2ccccc2)cc1[N+](=O)[O-]. The van der Waals surface area contributed by atoms with Gasteiger partial charge in [-0.05, 0) is 22.8 Å². The minimum Gasteiger partial charge on any atom is -0.372 e. The van der Waals surface area contributed by atoms with Crippen molar-refractivity contribution in [1.82, 2.24) is 9.80 Å². The highest BCUT2D eigenvalue weighted by Crippen LogP contribution is 2.37. The zero-order valence-corrected chi connectivity index (χ0v) is 18.0. The lowest BCUT2D eigenvalue weighted by Crippen LogP contribution is -2.30. The second-order valence-corrected chi connectivity index (χ2v) is 8.19. The topological polar surface area (TPSA) is 52.9 Å². The van der Waals surface area contributed by atoms with E-state index in [4.69, 9.17) is 0 Å². The highest BCUT2D eigenvalue weighted by atomic mass is 16.6. The van der Waals surface area contributed by atoms with Crippen molar-refractivity contribution in [2.45, 2.75) is 19.3 Å². The lowest BCUT2D eigenvalue weighted by atomic mass is 10.1. The van der Waals surface area contributed by atoms with Crippen LogP contribution in [0.15, 0.2) is 78.9 Å². The van der Waals surface area contributed by atoms with E-state index in [9.17, 15) is 10.1 Å². The zero-order chi connectivity index (χ0) is 21.8. The van der Waals surface area contributed by atoms with Crippen LogP contribution < -0.4 is 4.90 Å². The maximum absolute atomic E-state index is 11.8. The molecule has 4 rings (SSSR count). The van der Waals surface area contributed by atoms with E-state index < -0.39 is 0 Å². The lowest BCUT2D eigenvalue weighted by molar-refractivity contribution is -0.384. The molecule has 1 heterocycles. The Morgan fingerprint density at radius 2 is 1.39 bits per heavy atom. The van der Waals surface area contributed by atoms with Crippen LogP contribution in [0.2, 0.25) is 0 Å². The van der Waals surface area contributed by atoms with Gasteiger partial charge in [0.2, 0.25) is 0 Å². The molecule has 6 nitrogen and oxygen atoms in total. The van der Waals surface area contributed by atoms with E-state index in [1.165, 1.54) is 11.1 Å². The van der Waals surface area contributed by atoms with Crippen LogP contribution >= 0.6 is 0 Å². The van der Waals surface area contributed by atoms with Gasteiger partial charge < -0.3 is 4.90 Å². The first-order valence-corrected chi connectivity index (χ1v) is 10.5. The normalized spacial score (nSPS) is 15.3. The number of nitrogens with zero attached hydrogens (tertiary/aromatic N) is 4. The van der Waals surface area contributed by atoms with Crippen LogP contribution in [0.25, 0.3) is 0 Å². The van der Waals surface area contributed by atoms with Crippen molar-refractivity contribution < 1.29 is 4.92 Å². The summed E-state index contributed by atoms with van der Waals surface area (Å²) in [5.41, 5.74) is 4.22. The Bertz CT molecular complexity index is 975. The molecular formula is C25H28N4O2. The summed E-state index contributed by atoms with van der Waals surface area (Å²) in [4.78, 5) is 18.1. The summed E-state index contributed by atoms with van der Waals surface area (Å²) in [6, 6.07) is 26.5. The van der Waals surface area contributed by atoms with Gasteiger partial charge in [-0.1, -0.05) is 66.7 Å². The standard InChI is InChI=1S/C25H28N4O2/c1-26(2)23-14-13-22(17-24(23)29(30)31)25-27(18-20-9-5-3-6-10-20)15-16-28(25)19-21-11-7-4-8-12-21/h3-14,17,25H,15-16,18-19H2,1-2H3. The minimum absolute atomic E-state index is 0.0182. The first-order valence-electron chi connectivity index (χ1n) is 10.5.